The van der Waals surface area contributed by atoms with E-state index in [2.05, 4.69) is 70.0 Å². The van der Waals surface area contributed by atoms with Gasteiger partial charge in [-0.15, -0.1) is 0 Å². The van der Waals surface area contributed by atoms with Gasteiger partial charge >= 0.3 is 60.6 Å². The Morgan fingerprint density at radius 2 is 0.943 bits per heavy atom. The minimum Gasteiger partial charge on any atom is -1.00 e. The standard InChI is InChI=1S/C19H25N5O3.C15H17N5O2.C13H23BN2O3.C12H14ClN3O2.C6H4ClN3.C6H11ClO2.Na.H/c1-6-26-13(2)24-10-14(9-22-24)16-15-7-8-23(17(15)21-11-20-16)12-27-18(25)19(3,4)5;1-15(2,3)14(21)22-9-20-5-4-11-12(10-6-18-19-7-10)16-8-17-13(11)20;1-7-17-10(2)16-9-11(8-15-16)14-18-12(3,4)13(5,6)19-14;1-12(2,3)11(17)18-7-16-5-4-8-9(13)14-6-15-10(8)16;7-5-4-1-2-8-6(4)10-3-9-5;1-6(2,3)5(8)9-4-7;;/h7-11,13H,6,12H2,1-5H3;4-8H,9H2,1-3H3,(H,18,19);8-10H,7H2,1-6H3;4-6H,7H2,1-3H3;1-3H,(H,8,9,10);4H2,1-3H3;;/q;;;;;;+1;-1. The van der Waals surface area contributed by atoms with Crippen molar-refractivity contribution in [2.45, 2.75) is 182 Å². The van der Waals surface area contributed by atoms with Crippen LogP contribution in [0.2, 0.25) is 10.3 Å². The van der Waals surface area contributed by atoms with Crippen LogP contribution in [0.3, 0.4) is 0 Å². The number of carbonyl (C=O) groups is 4. The predicted octanol–water partition coefficient (Wildman–Crippen LogP) is 10.6. The maximum atomic E-state index is 12.0. The van der Waals surface area contributed by atoms with Crippen LogP contribution in [0.1, 0.15) is 152 Å². The number of nitrogens with one attached hydrogen (secondary N) is 2. The van der Waals surface area contributed by atoms with Gasteiger partial charge in [0.25, 0.3) is 0 Å². The Kier molecular flexibility index (Phi) is 30.7. The van der Waals surface area contributed by atoms with E-state index >= 15 is 0 Å². The van der Waals surface area contributed by atoms with Crippen LogP contribution in [0.4, 0.5) is 0 Å². The largest absolute Gasteiger partial charge is 1.00 e. The van der Waals surface area contributed by atoms with E-state index in [4.69, 9.17) is 67.8 Å². The summed E-state index contributed by atoms with van der Waals surface area (Å²) in [4.78, 5) is 82.4. The number of fused-ring (bicyclic) bond motifs is 4. The normalized spacial score (nSPS) is 13.8. The monoisotopic (exact) mass is 1530 g/mol. The molecule has 30 nitrogen and oxygen atoms in total. The van der Waals surface area contributed by atoms with Gasteiger partial charge in [-0.1, -0.05) is 34.8 Å². The van der Waals surface area contributed by atoms with Crippen LogP contribution in [0.25, 0.3) is 66.6 Å². The Morgan fingerprint density at radius 1 is 0.538 bits per heavy atom. The second-order valence-corrected chi connectivity index (χ2v) is 29.9. The maximum Gasteiger partial charge on any atom is 1.00 e. The molecule has 35 heteroatoms. The average molecular weight is 1530 g/mol. The van der Waals surface area contributed by atoms with Crippen molar-refractivity contribution in [2.75, 3.05) is 19.3 Å². The molecule has 11 aromatic heterocycles. The smallest absolute Gasteiger partial charge is 1.00 e. The molecule has 2 atom stereocenters. The molecule has 2 unspecified atom stereocenters. The molecule has 1 aliphatic rings. The molecule has 1 fully saturated rings. The molecule has 1 aliphatic heterocycles. The summed E-state index contributed by atoms with van der Waals surface area (Å²) in [6, 6.07) is 7.40. The molecular weight excluding hydrogens is 1440 g/mol. The summed E-state index contributed by atoms with van der Waals surface area (Å²) in [5.74, 6) is -1.04. The second-order valence-electron chi connectivity index (χ2n) is 29.0. The van der Waals surface area contributed by atoms with Crippen molar-refractivity contribution in [2.24, 2.45) is 21.7 Å². The third-order valence-corrected chi connectivity index (χ3v) is 16.6. The van der Waals surface area contributed by atoms with Gasteiger partial charge in [0.2, 0.25) is 0 Å². The molecular formula is C71H95BCl3N18NaO12. The molecule has 0 bridgehead atoms. The number of esters is 4. The second kappa shape index (κ2) is 37.5. The van der Waals surface area contributed by atoms with Crippen molar-refractivity contribution in [1.82, 2.24) is 88.3 Å². The molecule has 12 rings (SSSR count). The van der Waals surface area contributed by atoms with Gasteiger partial charge in [-0.25, -0.2) is 49.2 Å². The first-order valence-electron chi connectivity index (χ1n) is 33.7. The van der Waals surface area contributed by atoms with Crippen LogP contribution in [0.5, 0.6) is 0 Å². The summed E-state index contributed by atoms with van der Waals surface area (Å²) in [7, 11) is -0.368. The molecule has 11 aromatic rings. The zero-order valence-corrected chi connectivity index (χ0v) is 68.3. The van der Waals surface area contributed by atoms with Crippen molar-refractivity contribution in [3.05, 3.63) is 122 Å². The van der Waals surface area contributed by atoms with Crippen molar-refractivity contribution < 1.29 is 87.9 Å². The Balaban J connectivity index is 0.000000237. The first-order valence-corrected chi connectivity index (χ1v) is 35.0. The van der Waals surface area contributed by atoms with E-state index in [1.807, 2.05) is 161 Å². The Morgan fingerprint density at radius 3 is 1.37 bits per heavy atom. The van der Waals surface area contributed by atoms with Crippen LogP contribution < -0.4 is 35.0 Å². The van der Waals surface area contributed by atoms with Gasteiger partial charge in [0.15, 0.2) is 26.3 Å². The molecule has 0 saturated carbocycles. The van der Waals surface area contributed by atoms with Gasteiger partial charge < -0.3 is 44.1 Å². The maximum absolute atomic E-state index is 12.0. The number of ether oxygens (including phenoxy) is 6. The Bertz CT molecular complexity index is 4650. The van der Waals surface area contributed by atoms with E-state index in [1.165, 1.54) is 25.3 Å². The molecule has 12 heterocycles. The number of aromatic nitrogens is 18. The van der Waals surface area contributed by atoms with Crippen LogP contribution in [0, 0.1) is 21.7 Å². The fraction of sp³-hybridized carbons (Fsp3) is 0.479. The van der Waals surface area contributed by atoms with E-state index < -0.39 is 21.7 Å². The number of nitrogens with zero attached hydrogens (tertiary/aromatic N) is 16. The van der Waals surface area contributed by atoms with Crippen LogP contribution in [0.15, 0.2) is 112 Å². The van der Waals surface area contributed by atoms with Gasteiger partial charge in [0.05, 0.1) is 67.4 Å². The van der Waals surface area contributed by atoms with E-state index in [1.54, 1.807) is 87.1 Å². The van der Waals surface area contributed by atoms with Crippen molar-refractivity contribution >= 4 is 115 Å². The van der Waals surface area contributed by atoms with Crippen molar-refractivity contribution in [1.29, 1.82) is 0 Å². The van der Waals surface area contributed by atoms with Gasteiger partial charge in [-0.05, 0) is 163 Å². The molecule has 0 aromatic carbocycles. The fourth-order valence-electron chi connectivity index (χ4n) is 9.22. The van der Waals surface area contributed by atoms with Gasteiger partial charge in [0.1, 0.15) is 70.7 Å². The van der Waals surface area contributed by atoms with E-state index in [9.17, 15) is 19.2 Å². The first-order chi connectivity index (χ1) is 49.3. The van der Waals surface area contributed by atoms with Crippen molar-refractivity contribution in [3.8, 4) is 22.5 Å². The SMILES string of the molecule is CC(C)(C)C(=O)OCCl.CC(C)(C)C(=O)OCn1ccc2c(-c3cn[nH]c3)ncnc21.CC(C)(C)C(=O)OCn1ccc2c(Cl)ncnc21.CCOC(C)n1cc(-c2ncnc3c2ccn3COC(=O)C(C)(C)C)cn1.CCOC(C)n1cc(B2OC(C)(C)C(C)(C)O2)cn1.Clc1ncnc2[nH]ccc12.[H-].[Na+]. The predicted molar refractivity (Wildman–Crippen MR) is 400 cm³/mol. The fourth-order valence-corrected chi connectivity index (χ4v) is 9.71. The summed E-state index contributed by atoms with van der Waals surface area (Å²) in [6.45, 7) is 39.3. The van der Waals surface area contributed by atoms with E-state index in [0.29, 0.717) is 40.5 Å². The first kappa shape index (κ1) is 86.7. The number of H-pyrrole nitrogens is 2. The Labute approximate surface area is 654 Å². The minimum absolute atomic E-state index is 0. The summed E-state index contributed by atoms with van der Waals surface area (Å²) in [6.07, 6.45) is 23.6. The van der Waals surface area contributed by atoms with Crippen LogP contribution in [-0.2, 0) is 77.1 Å². The molecule has 0 aliphatic carbocycles. The number of aromatic amines is 2. The molecule has 0 radical (unpaired) electrons. The molecule has 0 spiro atoms. The Hall–Kier alpha value is -8.24. The number of carbonyl (C=O) groups excluding carboxylic acids is 4. The molecule has 106 heavy (non-hydrogen) atoms. The third-order valence-electron chi connectivity index (χ3n) is 15.9. The number of alkyl halides is 1. The third kappa shape index (κ3) is 23.1. The average Bonchev–Trinajstić information content (AvgIpc) is 1.63. The van der Waals surface area contributed by atoms with Crippen LogP contribution in [-0.4, -0.2) is 150 Å². The molecule has 0 amide bonds. The van der Waals surface area contributed by atoms with Gasteiger partial charge in [-0.3, -0.25) is 38.0 Å². The molecule has 566 valence electrons. The molecule has 1 saturated heterocycles. The quantitative estimate of drug-likeness (QED) is 0.0298. The minimum atomic E-state index is -0.547. The van der Waals surface area contributed by atoms with Crippen LogP contribution >= 0.6 is 34.8 Å². The zero-order chi connectivity index (χ0) is 77.4. The summed E-state index contributed by atoms with van der Waals surface area (Å²) in [5, 5.41) is 19.6. The summed E-state index contributed by atoms with van der Waals surface area (Å²) < 4.78 is 52.4. The number of halogens is 3. The number of hydrogen-bond donors (Lipinski definition) is 2. The van der Waals surface area contributed by atoms with Gasteiger partial charge in [0, 0.05) is 90.2 Å². The summed E-state index contributed by atoms with van der Waals surface area (Å²) in [5.41, 5.74) is 4.41. The molecule has 2 N–H and O–H groups in total. The van der Waals surface area contributed by atoms with E-state index in [0.717, 1.165) is 55.2 Å². The number of rotatable bonds is 16. The summed E-state index contributed by atoms with van der Waals surface area (Å²) >= 11 is 16.8. The van der Waals surface area contributed by atoms with Gasteiger partial charge in [-0.2, -0.15) is 15.3 Å². The zero-order valence-electron chi connectivity index (χ0n) is 65.1. The van der Waals surface area contributed by atoms with Crippen molar-refractivity contribution in [3.63, 3.8) is 0 Å². The van der Waals surface area contributed by atoms with E-state index in [-0.39, 0.29) is 112 Å². The topological polar surface area (TPSA) is 340 Å². The number of hydrogen-bond acceptors (Lipinski definition) is 23.